The van der Waals surface area contributed by atoms with Crippen molar-refractivity contribution in [2.45, 2.75) is 43.5 Å². The molecule has 4 atom stereocenters. The van der Waals surface area contributed by atoms with Gasteiger partial charge >= 0.3 is 0 Å². The Kier molecular flexibility index (Phi) is 5.39. The van der Waals surface area contributed by atoms with Crippen LogP contribution in [0.1, 0.15) is 36.5 Å². The number of aliphatic hydroxyl groups is 2. The van der Waals surface area contributed by atoms with Crippen LogP contribution in [0.2, 0.25) is 0 Å². The van der Waals surface area contributed by atoms with Gasteiger partial charge in [-0.3, -0.25) is 9.69 Å². The van der Waals surface area contributed by atoms with Crippen molar-refractivity contribution in [3.05, 3.63) is 59.2 Å². The van der Waals surface area contributed by atoms with E-state index in [4.69, 9.17) is 4.74 Å². The summed E-state index contributed by atoms with van der Waals surface area (Å²) in [5.41, 5.74) is 1.57. The molecule has 0 radical (unpaired) electrons. The predicted octanol–water partition coefficient (Wildman–Crippen LogP) is 2.79. The lowest BCUT2D eigenvalue weighted by molar-refractivity contribution is -0.116. The molecule has 1 unspecified atom stereocenters. The van der Waals surface area contributed by atoms with Crippen molar-refractivity contribution in [3.63, 3.8) is 0 Å². The standard InChI is InChI=1S/C24H26F2N2O4/c25-18-2-1-3-19(26)23(18)32-17-9-16-11-28(13-24(16,31)10-17)12-21(29)15-4-6-20-14(8-15)5-7-22(30)27-20/h1-4,6,8,16-17,21,29,31H,5,7,9-13H2,(H,27,30)/t16-,17+,21?,24-/m0/s1. The van der Waals surface area contributed by atoms with Gasteiger partial charge in [0.1, 0.15) is 6.10 Å². The summed E-state index contributed by atoms with van der Waals surface area (Å²) in [7, 11) is 0. The van der Waals surface area contributed by atoms with Crippen LogP contribution < -0.4 is 10.1 Å². The first-order valence-corrected chi connectivity index (χ1v) is 11.0. The number of β-amino-alcohol motifs (C(OH)–C–C–N with tert-alkyl or cyclic N) is 2. The van der Waals surface area contributed by atoms with Crippen LogP contribution in [0, 0.1) is 17.6 Å². The van der Waals surface area contributed by atoms with Crippen molar-refractivity contribution in [2.24, 2.45) is 5.92 Å². The number of ether oxygens (including phenoxy) is 1. The zero-order valence-electron chi connectivity index (χ0n) is 17.6. The summed E-state index contributed by atoms with van der Waals surface area (Å²) >= 11 is 0. The Hall–Kier alpha value is -2.55. The normalized spacial score (nSPS) is 28.2. The average Bonchev–Trinajstić information content (AvgIpc) is 3.20. The van der Waals surface area contributed by atoms with Crippen LogP contribution in [0.4, 0.5) is 14.5 Å². The maximum absolute atomic E-state index is 13.9. The Labute approximate surface area is 184 Å². The molecule has 170 valence electrons. The topological polar surface area (TPSA) is 82.0 Å². The molecule has 32 heavy (non-hydrogen) atoms. The number of aliphatic hydroxyl groups excluding tert-OH is 1. The zero-order valence-corrected chi connectivity index (χ0v) is 17.6. The van der Waals surface area contributed by atoms with Crippen molar-refractivity contribution in [1.82, 2.24) is 4.90 Å². The third-order valence-electron chi connectivity index (χ3n) is 6.91. The molecule has 2 aromatic carbocycles. The first-order chi connectivity index (χ1) is 15.3. The number of rotatable bonds is 5. The first-order valence-electron chi connectivity index (χ1n) is 11.0. The largest absolute Gasteiger partial charge is 0.484 e. The van der Waals surface area contributed by atoms with Gasteiger partial charge in [0.25, 0.3) is 0 Å². The van der Waals surface area contributed by atoms with Gasteiger partial charge in [0, 0.05) is 44.1 Å². The molecule has 2 aromatic rings. The van der Waals surface area contributed by atoms with Crippen molar-refractivity contribution >= 4 is 11.6 Å². The molecule has 0 spiro atoms. The van der Waals surface area contributed by atoms with Crippen LogP contribution in [0.25, 0.3) is 0 Å². The maximum Gasteiger partial charge on any atom is 0.224 e. The number of carbonyl (C=O) groups excluding carboxylic acids is 1. The van der Waals surface area contributed by atoms with Crippen molar-refractivity contribution < 1.29 is 28.5 Å². The summed E-state index contributed by atoms with van der Waals surface area (Å²) in [4.78, 5) is 13.5. The van der Waals surface area contributed by atoms with E-state index in [9.17, 15) is 23.8 Å². The average molecular weight is 444 g/mol. The molecule has 1 amide bonds. The van der Waals surface area contributed by atoms with E-state index in [1.807, 2.05) is 23.1 Å². The van der Waals surface area contributed by atoms with Crippen LogP contribution in [-0.2, 0) is 11.2 Å². The van der Waals surface area contributed by atoms with E-state index < -0.39 is 35.2 Å². The summed E-state index contributed by atoms with van der Waals surface area (Å²) in [5, 5.41) is 24.7. The van der Waals surface area contributed by atoms with Crippen LogP contribution in [-0.4, -0.2) is 52.4 Å². The number of nitrogens with one attached hydrogen (secondary N) is 1. The van der Waals surface area contributed by atoms with E-state index in [2.05, 4.69) is 5.32 Å². The molecule has 3 aliphatic rings. The smallest absolute Gasteiger partial charge is 0.224 e. The third-order valence-corrected chi connectivity index (χ3v) is 6.91. The number of carbonyl (C=O) groups is 1. The monoisotopic (exact) mass is 444 g/mol. The Balaban J connectivity index is 1.20. The van der Waals surface area contributed by atoms with E-state index in [0.29, 0.717) is 38.9 Å². The van der Waals surface area contributed by atoms with E-state index in [1.165, 1.54) is 6.07 Å². The Morgan fingerprint density at radius 3 is 2.75 bits per heavy atom. The Bertz CT molecular complexity index is 1030. The summed E-state index contributed by atoms with van der Waals surface area (Å²) in [6, 6.07) is 9.16. The van der Waals surface area contributed by atoms with Crippen molar-refractivity contribution in [1.29, 1.82) is 0 Å². The van der Waals surface area contributed by atoms with E-state index in [-0.39, 0.29) is 18.2 Å². The second kappa shape index (κ2) is 8.10. The second-order valence-electron chi connectivity index (χ2n) is 9.21. The number of likely N-dealkylation sites (tertiary alicyclic amines) is 1. The molecule has 0 aromatic heterocycles. The molecule has 2 heterocycles. The molecule has 1 aliphatic carbocycles. The highest BCUT2D eigenvalue weighted by molar-refractivity contribution is 5.93. The van der Waals surface area contributed by atoms with Crippen molar-refractivity contribution in [2.75, 3.05) is 25.0 Å². The Morgan fingerprint density at radius 1 is 1.22 bits per heavy atom. The number of aryl methyl sites for hydroxylation is 1. The van der Waals surface area contributed by atoms with Gasteiger partial charge in [-0.15, -0.1) is 0 Å². The van der Waals surface area contributed by atoms with Crippen LogP contribution >= 0.6 is 0 Å². The number of nitrogens with zero attached hydrogens (tertiary/aromatic N) is 1. The molecule has 8 heteroatoms. The lowest BCUT2D eigenvalue weighted by Crippen LogP contribution is -2.36. The molecule has 1 saturated heterocycles. The van der Waals surface area contributed by atoms with Gasteiger partial charge in [-0.2, -0.15) is 0 Å². The zero-order chi connectivity index (χ0) is 22.5. The molecule has 0 bridgehead atoms. The van der Waals surface area contributed by atoms with Gasteiger partial charge < -0.3 is 20.3 Å². The number of para-hydroxylation sites is 1. The number of anilines is 1. The van der Waals surface area contributed by atoms with E-state index >= 15 is 0 Å². The van der Waals surface area contributed by atoms with Gasteiger partial charge in [-0.25, -0.2) is 8.78 Å². The Morgan fingerprint density at radius 2 is 2.00 bits per heavy atom. The number of amides is 1. The van der Waals surface area contributed by atoms with Gasteiger partial charge in [0.2, 0.25) is 5.91 Å². The number of halogens is 2. The molecule has 2 fully saturated rings. The van der Waals surface area contributed by atoms with Crippen LogP contribution in [0.3, 0.4) is 0 Å². The molecule has 5 rings (SSSR count). The molecule has 6 nitrogen and oxygen atoms in total. The highest BCUT2D eigenvalue weighted by Crippen LogP contribution is 2.44. The van der Waals surface area contributed by atoms with E-state index in [1.54, 1.807) is 0 Å². The minimum atomic E-state index is -1.01. The fraction of sp³-hybridized carbons (Fsp3) is 0.458. The van der Waals surface area contributed by atoms with Gasteiger partial charge in [0.15, 0.2) is 17.4 Å². The fourth-order valence-electron chi connectivity index (χ4n) is 5.33. The number of hydrogen-bond donors (Lipinski definition) is 3. The molecular weight excluding hydrogens is 418 g/mol. The number of benzene rings is 2. The third kappa shape index (κ3) is 3.98. The first kappa shape index (κ1) is 21.3. The van der Waals surface area contributed by atoms with Crippen molar-refractivity contribution in [3.8, 4) is 5.75 Å². The second-order valence-corrected chi connectivity index (χ2v) is 9.21. The van der Waals surface area contributed by atoms with Gasteiger partial charge in [-0.1, -0.05) is 18.2 Å². The highest BCUT2D eigenvalue weighted by atomic mass is 19.1. The highest BCUT2D eigenvalue weighted by Gasteiger charge is 2.53. The van der Waals surface area contributed by atoms with Crippen LogP contribution in [0.15, 0.2) is 36.4 Å². The predicted molar refractivity (Wildman–Crippen MR) is 113 cm³/mol. The minimum absolute atomic E-state index is 0.00248. The molecular formula is C24H26F2N2O4. The maximum atomic E-state index is 13.9. The van der Waals surface area contributed by atoms with E-state index in [0.717, 1.165) is 28.9 Å². The van der Waals surface area contributed by atoms with Gasteiger partial charge in [0.05, 0.1) is 11.7 Å². The quantitative estimate of drug-likeness (QED) is 0.661. The summed E-state index contributed by atoms with van der Waals surface area (Å²) in [6.45, 7) is 1.32. The minimum Gasteiger partial charge on any atom is -0.484 e. The van der Waals surface area contributed by atoms with Gasteiger partial charge in [-0.05, 0) is 42.2 Å². The molecule has 1 saturated carbocycles. The fourth-order valence-corrected chi connectivity index (χ4v) is 5.33. The lowest BCUT2D eigenvalue weighted by Gasteiger charge is -2.25. The summed E-state index contributed by atoms with van der Waals surface area (Å²) in [5.74, 6) is -1.97. The molecule has 3 N–H and O–H groups in total. The SMILES string of the molecule is O=C1CCc2cc(C(O)CN3C[C@@H]4C[C@@H](Oc5c(F)cccc5F)C[C@]4(O)C3)ccc2N1. The summed E-state index contributed by atoms with van der Waals surface area (Å²) in [6.07, 6.45) is 0.690. The number of hydrogen-bond acceptors (Lipinski definition) is 5. The molecule has 2 aliphatic heterocycles. The lowest BCUT2D eigenvalue weighted by atomic mass is 9.95. The number of fused-ring (bicyclic) bond motifs is 2. The van der Waals surface area contributed by atoms with Crippen LogP contribution in [0.5, 0.6) is 5.75 Å². The summed E-state index contributed by atoms with van der Waals surface area (Å²) < 4.78 is 33.4.